The van der Waals surface area contributed by atoms with E-state index in [9.17, 15) is 18.0 Å². The van der Waals surface area contributed by atoms with Crippen LogP contribution in [0.4, 0.5) is 23.8 Å². The number of pyridine rings is 1. The van der Waals surface area contributed by atoms with E-state index in [4.69, 9.17) is 4.74 Å². The average molecular weight is 445 g/mol. The molecule has 0 spiro atoms. The molecule has 0 aromatic carbocycles. The van der Waals surface area contributed by atoms with Crippen LogP contribution in [0.2, 0.25) is 0 Å². The van der Waals surface area contributed by atoms with Crippen LogP contribution in [0, 0.1) is 0 Å². The van der Waals surface area contributed by atoms with Gasteiger partial charge in [0.2, 0.25) is 0 Å². The summed E-state index contributed by atoms with van der Waals surface area (Å²) in [6.07, 6.45) is -2.02. The molecule has 3 heterocycles. The van der Waals surface area contributed by atoms with Crippen LogP contribution >= 0.6 is 11.8 Å². The molecule has 0 saturated carbocycles. The Kier molecular flexibility index (Phi) is 6.84. The number of carbonyl (C=O) groups excluding carboxylic acids is 1. The predicted molar refractivity (Wildman–Crippen MR) is 112 cm³/mol. The number of nitrogens with zero attached hydrogens (tertiary/aromatic N) is 3. The highest BCUT2D eigenvalue weighted by atomic mass is 32.2. The number of aliphatic imine (C=N–C) groups is 1. The molecular formula is C20H27F3N4O2S. The Balaban J connectivity index is 1.52. The van der Waals surface area contributed by atoms with Crippen molar-refractivity contribution in [3.05, 3.63) is 23.9 Å². The van der Waals surface area contributed by atoms with Crippen LogP contribution in [-0.4, -0.2) is 57.8 Å². The van der Waals surface area contributed by atoms with E-state index in [2.05, 4.69) is 15.3 Å². The van der Waals surface area contributed by atoms with E-state index in [1.54, 1.807) is 11.1 Å². The molecule has 2 aliphatic rings. The Morgan fingerprint density at radius 2 is 2.00 bits per heavy atom. The zero-order chi connectivity index (χ0) is 21.9. The summed E-state index contributed by atoms with van der Waals surface area (Å²) < 4.78 is 43.1. The van der Waals surface area contributed by atoms with Crippen molar-refractivity contribution < 1.29 is 22.7 Å². The van der Waals surface area contributed by atoms with Crippen LogP contribution in [0.5, 0.6) is 0 Å². The number of amidine groups is 1. The molecule has 6 nitrogen and oxygen atoms in total. The molecule has 1 atom stereocenters. The SMILES string of the molecule is CC(C)(C)OC(=O)N1CCC(c2ccnc(NC3=NCC(CC(F)(F)F)S3)c2)CC1. The van der Waals surface area contributed by atoms with Gasteiger partial charge in [-0.25, -0.2) is 9.78 Å². The smallest absolute Gasteiger partial charge is 0.410 e. The Hall–Kier alpha value is -1.97. The summed E-state index contributed by atoms with van der Waals surface area (Å²) in [5.74, 6) is 0.851. The summed E-state index contributed by atoms with van der Waals surface area (Å²) in [5, 5.41) is 2.92. The summed E-state index contributed by atoms with van der Waals surface area (Å²) in [4.78, 5) is 22.4. The lowest BCUT2D eigenvalue weighted by Crippen LogP contribution is -2.41. The first kappa shape index (κ1) is 22.7. The van der Waals surface area contributed by atoms with Crippen molar-refractivity contribution >= 4 is 28.8 Å². The van der Waals surface area contributed by atoms with E-state index in [1.165, 1.54) is 0 Å². The quantitative estimate of drug-likeness (QED) is 0.708. The van der Waals surface area contributed by atoms with Gasteiger partial charge in [0.05, 0.1) is 13.0 Å². The number of thioether (sulfide) groups is 1. The first-order valence-corrected chi connectivity index (χ1v) is 10.9. The van der Waals surface area contributed by atoms with Crippen molar-refractivity contribution in [1.82, 2.24) is 9.88 Å². The molecule has 1 aromatic heterocycles. The molecule has 0 aliphatic carbocycles. The second-order valence-electron chi connectivity index (χ2n) is 8.55. The molecule has 1 saturated heterocycles. The number of halogens is 3. The third-order valence-corrected chi connectivity index (χ3v) is 5.92. The Morgan fingerprint density at radius 1 is 1.30 bits per heavy atom. The maximum absolute atomic E-state index is 12.5. The van der Waals surface area contributed by atoms with Gasteiger partial charge in [-0.15, -0.1) is 0 Å². The number of aromatic nitrogens is 1. The van der Waals surface area contributed by atoms with E-state index in [-0.39, 0.29) is 18.6 Å². The molecule has 10 heteroatoms. The Labute approximate surface area is 178 Å². The van der Waals surface area contributed by atoms with Crippen LogP contribution in [0.25, 0.3) is 0 Å². The molecular weight excluding hydrogens is 417 g/mol. The molecule has 30 heavy (non-hydrogen) atoms. The molecule has 1 N–H and O–H groups in total. The van der Waals surface area contributed by atoms with Crippen molar-refractivity contribution in [3.8, 4) is 0 Å². The largest absolute Gasteiger partial charge is 0.444 e. The molecule has 1 unspecified atom stereocenters. The predicted octanol–water partition coefficient (Wildman–Crippen LogP) is 5.03. The zero-order valence-corrected chi connectivity index (χ0v) is 18.1. The van der Waals surface area contributed by atoms with E-state index in [0.717, 1.165) is 30.2 Å². The van der Waals surface area contributed by atoms with Gasteiger partial charge in [0, 0.05) is 24.5 Å². The van der Waals surface area contributed by atoms with Gasteiger partial charge < -0.3 is 15.0 Å². The molecule has 1 fully saturated rings. The number of carbonyl (C=O) groups is 1. The number of likely N-dealkylation sites (tertiary alicyclic amines) is 1. The molecule has 1 aromatic rings. The van der Waals surface area contributed by atoms with Gasteiger partial charge in [-0.1, -0.05) is 11.8 Å². The minimum absolute atomic E-state index is 0.148. The van der Waals surface area contributed by atoms with Gasteiger partial charge in [-0.3, -0.25) is 4.99 Å². The van der Waals surface area contributed by atoms with E-state index in [1.807, 2.05) is 32.9 Å². The first-order valence-electron chi connectivity index (χ1n) is 9.97. The van der Waals surface area contributed by atoms with Gasteiger partial charge in [-0.05, 0) is 57.2 Å². The van der Waals surface area contributed by atoms with Crippen molar-refractivity contribution in [2.24, 2.45) is 4.99 Å². The minimum Gasteiger partial charge on any atom is -0.444 e. The topological polar surface area (TPSA) is 66.8 Å². The second kappa shape index (κ2) is 9.03. The average Bonchev–Trinajstić information content (AvgIpc) is 3.05. The number of alkyl halides is 3. The summed E-state index contributed by atoms with van der Waals surface area (Å²) >= 11 is 1.10. The second-order valence-corrected chi connectivity index (χ2v) is 9.84. The first-order chi connectivity index (χ1) is 14.0. The number of ether oxygens (including phenoxy) is 1. The molecule has 1 amide bonds. The van der Waals surface area contributed by atoms with Gasteiger partial charge >= 0.3 is 12.3 Å². The van der Waals surface area contributed by atoms with Gasteiger partial charge in [0.15, 0.2) is 5.17 Å². The minimum atomic E-state index is -4.19. The van der Waals surface area contributed by atoms with E-state index >= 15 is 0 Å². The Morgan fingerprint density at radius 3 is 2.63 bits per heavy atom. The van der Waals surface area contributed by atoms with E-state index < -0.39 is 23.4 Å². The third-order valence-electron chi connectivity index (χ3n) is 4.81. The molecule has 2 aliphatic heterocycles. The van der Waals surface area contributed by atoms with Gasteiger partial charge in [0.1, 0.15) is 11.4 Å². The van der Waals surface area contributed by atoms with Crippen LogP contribution in [0.3, 0.4) is 0 Å². The number of hydrogen-bond acceptors (Lipinski definition) is 6. The summed E-state index contributed by atoms with van der Waals surface area (Å²) in [5.41, 5.74) is 0.575. The number of rotatable bonds is 3. The monoisotopic (exact) mass is 444 g/mol. The van der Waals surface area contributed by atoms with Gasteiger partial charge in [-0.2, -0.15) is 13.2 Å². The van der Waals surface area contributed by atoms with E-state index in [0.29, 0.717) is 24.1 Å². The van der Waals surface area contributed by atoms with Gasteiger partial charge in [0.25, 0.3) is 0 Å². The molecule has 0 bridgehead atoms. The molecule has 0 radical (unpaired) electrons. The van der Waals surface area contributed by atoms with Crippen molar-refractivity contribution in [3.63, 3.8) is 0 Å². The fourth-order valence-electron chi connectivity index (χ4n) is 3.45. The number of hydrogen-bond donors (Lipinski definition) is 1. The maximum atomic E-state index is 12.5. The Bertz CT molecular complexity index is 787. The fraction of sp³-hybridized carbons (Fsp3) is 0.650. The van der Waals surface area contributed by atoms with Crippen LogP contribution in [0.15, 0.2) is 23.3 Å². The number of anilines is 1. The molecule has 166 valence electrons. The third kappa shape index (κ3) is 6.78. The van der Waals surface area contributed by atoms with Crippen LogP contribution < -0.4 is 5.32 Å². The van der Waals surface area contributed by atoms with Crippen LogP contribution in [-0.2, 0) is 4.74 Å². The highest BCUT2D eigenvalue weighted by Gasteiger charge is 2.35. The fourth-order valence-corrected chi connectivity index (χ4v) is 4.50. The summed E-state index contributed by atoms with van der Waals surface area (Å²) in [6.45, 7) is 6.93. The lowest BCUT2D eigenvalue weighted by atomic mass is 9.90. The standard InChI is InChI=1S/C20H27F3N4O2S/c1-19(2,3)29-18(28)27-8-5-13(6-9-27)14-4-7-24-16(10-14)26-17-25-12-15(30-17)11-20(21,22)23/h4,7,10,13,15H,5-6,8-9,11-12H2,1-3H3,(H,24,25,26). The number of piperidine rings is 1. The van der Waals surface area contributed by atoms with Crippen molar-refractivity contribution in [1.29, 1.82) is 0 Å². The van der Waals surface area contributed by atoms with Crippen molar-refractivity contribution in [2.75, 3.05) is 25.0 Å². The summed E-state index contributed by atoms with van der Waals surface area (Å²) in [6, 6.07) is 3.85. The highest BCUT2D eigenvalue weighted by Crippen LogP contribution is 2.33. The number of nitrogens with one attached hydrogen (secondary N) is 1. The molecule has 3 rings (SSSR count). The highest BCUT2D eigenvalue weighted by molar-refractivity contribution is 8.15. The number of amides is 1. The van der Waals surface area contributed by atoms with Crippen molar-refractivity contribution in [2.45, 2.75) is 63.0 Å². The summed E-state index contributed by atoms with van der Waals surface area (Å²) in [7, 11) is 0. The maximum Gasteiger partial charge on any atom is 0.410 e. The lowest BCUT2D eigenvalue weighted by molar-refractivity contribution is -0.133. The van der Waals surface area contributed by atoms with Crippen LogP contribution in [0.1, 0.15) is 51.5 Å². The zero-order valence-electron chi connectivity index (χ0n) is 17.3. The normalized spacial score (nSPS) is 20.8. The lowest BCUT2D eigenvalue weighted by Gasteiger charge is -2.33.